The molecule has 2 N–H and O–H groups in total. The number of nitrogens with one attached hydrogen (secondary N) is 1. The fourth-order valence-electron chi connectivity index (χ4n) is 4.32. The molecule has 3 heterocycles. The van der Waals surface area contributed by atoms with Crippen LogP contribution in [-0.2, 0) is 13.2 Å². The monoisotopic (exact) mass is 433 g/mol. The van der Waals surface area contributed by atoms with Crippen LogP contribution in [0.5, 0.6) is 5.75 Å². The summed E-state index contributed by atoms with van der Waals surface area (Å²) in [6.45, 7) is 7.43. The van der Waals surface area contributed by atoms with Gasteiger partial charge < -0.3 is 15.2 Å². The van der Waals surface area contributed by atoms with E-state index in [1.165, 1.54) is 5.56 Å². The van der Waals surface area contributed by atoms with Crippen molar-refractivity contribution in [2.75, 3.05) is 25.0 Å². The van der Waals surface area contributed by atoms with Crippen LogP contribution in [0.3, 0.4) is 0 Å². The van der Waals surface area contributed by atoms with Crippen LogP contribution in [0, 0.1) is 6.92 Å². The maximum atomic E-state index is 9.71. The molecule has 32 heavy (non-hydrogen) atoms. The molecule has 1 aliphatic rings. The molecule has 0 amide bonds. The van der Waals surface area contributed by atoms with E-state index < -0.39 is 0 Å². The van der Waals surface area contributed by atoms with Crippen LogP contribution >= 0.6 is 0 Å². The number of pyridine rings is 1. The lowest BCUT2D eigenvalue weighted by atomic mass is 9.93. The number of hydrogen-bond donors (Lipinski definition) is 2. The Morgan fingerprint density at radius 3 is 2.81 bits per heavy atom. The zero-order valence-corrected chi connectivity index (χ0v) is 18.8. The van der Waals surface area contributed by atoms with Crippen LogP contribution in [0.25, 0.3) is 0 Å². The number of aliphatic hydroxyl groups is 1. The molecule has 0 saturated carbocycles. The molecular weight excluding hydrogens is 402 g/mol. The molecule has 0 bridgehead atoms. The summed E-state index contributed by atoms with van der Waals surface area (Å²) in [5, 5.41) is 13.0. The molecule has 4 rings (SSSR count). The summed E-state index contributed by atoms with van der Waals surface area (Å²) in [6.07, 6.45) is 5.72. The summed E-state index contributed by atoms with van der Waals surface area (Å²) < 4.78 is 5.62. The quantitative estimate of drug-likeness (QED) is 0.551. The van der Waals surface area contributed by atoms with Crippen LogP contribution in [-0.4, -0.2) is 44.7 Å². The van der Waals surface area contributed by atoms with Gasteiger partial charge in [0.1, 0.15) is 5.75 Å². The van der Waals surface area contributed by atoms with Gasteiger partial charge in [-0.3, -0.25) is 9.88 Å². The van der Waals surface area contributed by atoms with Crippen molar-refractivity contribution >= 4 is 11.6 Å². The Kier molecular flexibility index (Phi) is 7.29. The number of anilines is 2. The largest absolute Gasteiger partial charge is 0.494 e. The van der Waals surface area contributed by atoms with E-state index in [2.05, 4.69) is 38.4 Å². The molecule has 7 heteroatoms. The molecule has 1 atom stereocenters. The number of aromatic nitrogens is 3. The Balaban J connectivity index is 1.46. The third-order valence-corrected chi connectivity index (χ3v) is 5.72. The molecule has 1 saturated heterocycles. The number of aryl methyl sites for hydroxylation is 1. The summed E-state index contributed by atoms with van der Waals surface area (Å²) >= 11 is 0. The van der Waals surface area contributed by atoms with E-state index in [1.54, 1.807) is 18.5 Å². The van der Waals surface area contributed by atoms with Crippen molar-refractivity contribution in [2.24, 2.45) is 0 Å². The van der Waals surface area contributed by atoms with Crippen molar-refractivity contribution in [3.63, 3.8) is 0 Å². The molecule has 0 spiro atoms. The van der Waals surface area contributed by atoms with Crippen molar-refractivity contribution < 1.29 is 9.84 Å². The number of rotatable bonds is 8. The Bertz CT molecular complexity index is 1030. The Hall–Kier alpha value is -3.03. The number of hydrogen-bond acceptors (Lipinski definition) is 7. The average Bonchev–Trinajstić information content (AvgIpc) is 2.81. The van der Waals surface area contributed by atoms with Crippen LogP contribution in [0.2, 0.25) is 0 Å². The van der Waals surface area contributed by atoms with E-state index in [4.69, 9.17) is 9.72 Å². The summed E-state index contributed by atoms with van der Waals surface area (Å²) in [7, 11) is 0. The summed E-state index contributed by atoms with van der Waals surface area (Å²) in [4.78, 5) is 15.8. The zero-order valence-electron chi connectivity index (χ0n) is 18.8. The van der Waals surface area contributed by atoms with Crippen LogP contribution in [0.4, 0.5) is 11.6 Å². The Labute approximate surface area is 189 Å². The Morgan fingerprint density at radius 2 is 2.03 bits per heavy atom. The molecule has 0 radical (unpaired) electrons. The first-order chi connectivity index (χ1) is 15.6. The number of aliphatic hydroxyl groups excluding tert-OH is 1. The van der Waals surface area contributed by atoms with Crippen LogP contribution in [0.15, 0.2) is 48.8 Å². The minimum absolute atomic E-state index is 0.0140. The maximum absolute atomic E-state index is 9.71. The smallest absolute Gasteiger partial charge is 0.227 e. The van der Waals surface area contributed by atoms with Gasteiger partial charge in [-0.25, -0.2) is 9.97 Å². The van der Waals surface area contributed by atoms with Gasteiger partial charge in [-0.2, -0.15) is 0 Å². The lowest BCUT2D eigenvalue weighted by Crippen LogP contribution is -2.34. The van der Waals surface area contributed by atoms with Crippen LogP contribution < -0.4 is 10.1 Å². The van der Waals surface area contributed by atoms with Crippen molar-refractivity contribution in [1.29, 1.82) is 0 Å². The van der Waals surface area contributed by atoms with Crippen molar-refractivity contribution in [3.8, 4) is 5.75 Å². The summed E-state index contributed by atoms with van der Waals surface area (Å²) in [5.41, 5.74) is 5.10. The van der Waals surface area contributed by atoms with Crippen LogP contribution in [0.1, 0.15) is 48.2 Å². The van der Waals surface area contributed by atoms with Gasteiger partial charge >= 0.3 is 0 Å². The highest BCUT2D eigenvalue weighted by Gasteiger charge is 2.23. The first-order valence-electron chi connectivity index (χ1n) is 11.2. The van der Waals surface area contributed by atoms with Gasteiger partial charge in [0, 0.05) is 54.0 Å². The molecule has 1 aliphatic heterocycles. The van der Waals surface area contributed by atoms with Crippen molar-refractivity contribution in [3.05, 3.63) is 71.3 Å². The lowest BCUT2D eigenvalue weighted by molar-refractivity contribution is 0.198. The standard InChI is InChI=1S/C25H31N5O2/c1-3-32-24-8-7-19(13-21(24)17-31)15-30-11-4-6-20(16-30)23-14-22(12-18(2)28-23)29-25-26-9-5-10-27-25/h5,7-10,12-14,20,31H,3-4,6,11,15-17H2,1-2H3,(H,26,27,28,29). The van der Waals surface area contributed by atoms with E-state index in [1.807, 2.05) is 26.0 Å². The van der Waals surface area contributed by atoms with Gasteiger partial charge in [0.25, 0.3) is 0 Å². The second-order valence-electron chi connectivity index (χ2n) is 8.23. The van der Waals surface area contributed by atoms with Gasteiger partial charge in [0.2, 0.25) is 5.95 Å². The van der Waals surface area contributed by atoms with E-state index in [-0.39, 0.29) is 6.61 Å². The molecule has 1 aromatic carbocycles. The lowest BCUT2D eigenvalue weighted by Gasteiger charge is -2.33. The van der Waals surface area contributed by atoms with Crippen molar-refractivity contribution in [2.45, 2.75) is 45.8 Å². The number of benzene rings is 1. The van der Waals surface area contributed by atoms with Crippen molar-refractivity contribution in [1.82, 2.24) is 19.9 Å². The normalized spacial score (nSPS) is 16.7. The maximum Gasteiger partial charge on any atom is 0.227 e. The highest BCUT2D eigenvalue weighted by molar-refractivity contribution is 5.54. The minimum Gasteiger partial charge on any atom is -0.494 e. The fourth-order valence-corrected chi connectivity index (χ4v) is 4.32. The topological polar surface area (TPSA) is 83.4 Å². The fraction of sp³-hybridized carbons (Fsp3) is 0.400. The highest BCUT2D eigenvalue weighted by atomic mass is 16.5. The molecule has 7 nitrogen and oxygen atoms in total. The van der Waals surface area contributed by atoms with Gasteiger partial charge in [-0.1, -0.05) is 6.07 Å². The molecule has 1 fully saturated rings. The summed E-state index contributed by atoms with van der Waals surface area (Å²) in [6, 6.07) is 12.1. The zero-order chi connectivity index (χ0) is 22.3. The Morgan fingerprint density at radius 1 is 1.19 bits per heavy atom. The predicted octanol–water partition coefficient (Wildman–Crippen LogP) is 4.19. The number of ether oxygens (including phenoxy) is 1. The average molecular weight is 434 g/mol. The first kappa shape index (κ1) is 22.2. The third-order valence-electron chi connectivity index (χ3n) is 5.72. The molecule has 2 aromatic heterocycles. The SMILES string of the molecule is CCOc1ccc(CN2CCCC(c3cc(Nc4ncccn4)cc(C)n3)C2)cc1CO. The van der Waals surface area contributed by atoms with E-state index >= 15 is 0 Å². The second-order valence-corrected chi connectivity index (χ2v) is 8.23. The molecule has 3 aromatic rings. The first-order valence-corrected chi connectivity index (χ1v) is 11.2. The molecule has 0 aliphatic carbocycles. The van der Waals surface area contributed by atoms with E-state index in [0.29, 0.717) is 18.5 Å². The predicted molar refractivity (Wildman–Crippen MR) is 125 cm³/mol. The van der Waals surface area contributed by atoms with E-state index in [9.17, 15) is 5.11 Å². The van der Waals surface area contributed by atoms with Gasteiger partial charge in [0.05, 0.1) is 13.2 Å². The molecular formula is C25H31N5O2. The number of piperidine rings is 1. The number of nitrogens with zero attached hydrogens (tertiary/aromatic N) is 4. The van der Waals surface area contributed by atoms with Gasteiger partial charge in [-0.15, -0.1) is 0 Å². The number of likely N-dealkylation sites (tertiary alicyclic amines) is 1. The molecule has 168 valence electrons. The summed E-state index contributed by atoms with van der Waals surface area (Å²) in [5.74, 6) is 1.73. The highest BCUT2D eigenvalue weighted by Crippen LogP contribution is 2.30. The second kappa shape index (κ2) is 10.5. The van der Waals surface area contributed by atoms with E-state index in [0.717, 1.165) is 60.9 Å². The molecule has 1 unspecified atom stereocenters. The van der Waals surface area contributed by atoms with Gasteiger partial charge in [0.15, 0.2) is 0 Å². The third kappa shape index (κ3) is 5.60. The van der Waals surface area contributed by atoms with Gasteiger partial charge in [-0.05, 0) is 69.1 Å². The minimum atomic E-state index is -0.0140.